The summed E-state index contributed by atoms with van der Waals surface area (Å²) in [6.45, 7) is 0.0261. The largest absolute Gasteiger partial charge is 0.497 e. The highest BCUT2D eigenvalue weighted by atomic mass is 16.5. The number of nitrogens with one attached hydrogen (secondary N) is 1. The number of likely N-dealkylation sites (tertiary alicyclic amines) is 1. The number of carboxylic acids is 1. The van der Waals surface area contributed by atoms with Crippen LogP contribution in [0.1, 0.15) is 11.1 Å². The van der Waals surface area contributed by atoms with Crippen molar-refractivity contribution < 1.29 is 33.7 Å². The number of carbonyl (C=O) groups is 3. The first-order valence-corrected chi connectivity index (χ1v) is 9.16. The summed E-state index contributed by atoms with van der Waals surface area (Å²) in [6, 6.07) is 11.6. The van der Waals surface area contributed by atoms with E-state index in [0.29, 0.717) is 17.1 Å². The molecular weight excluding hydrogens is 392 g/mol. The third-order valence-corrected chi connectivity index (χ3v) is 4.77. The van der Waals surface area contributed by atoms with Gasteiger partial charge in [0.25, 0.3) is 0 Å². The zero-order valence-corrected chi connectivity index (χ0v) is 16.5. The topological polar surface area (TPSA) is 114 Å². The van der Waals surface area contributed by atoms with Crippen LogP contribution in [0.25, 0.3) is 0 Å². The number of rotatable bonds is 8. The number of amides is 2. The molecule has 0 aliphatic carbocycles. The van der Waals surface area contributed by atoms with Crippen LogP contribution in [0.4, 0.5) is 4.79 Å². The molecule has 2 aromatic carbocycles. The molecule has 0 unspecified atom stereocenters. The molecule has 9 heteroatoms. The number of β-lactam (4-membered cyclic amide) rings is 1. The van der Waals surface area contributed by atoms with E-state index >= 15 is 0 Å². The van der Waals surface area contributed by atoms with Gasteiger partial charge in [-0.3, -0.25) is 4.79 Å². The van der Waals surface area contributed by atoms with E-state index in [1.165, 1.54) is 14.2 Å². The normalized spacial score (nSPS) is 17.7. The smallest absolute Gasteiger partial charge is 0.408 e. The van der Waals surface area contributed by atoms with Crippen LogP contribution in [0.3, 0.4) is 0 Å². The number of hydrogen-bond donors (Lipinski definition) is 2. The van der Waals surface area contributed by atoms with Crippen molar-refractivity contribution in [1.29, 1.82) is 0 Å². The van der Waals surface area contributed by atoms with Crippen LogP contribution in [0.2, 0.25) is 0 Å². The van der Waals surface area contributed by atoms with Crippen molar-refractivity contribution in [2.75, 3.05) is 14.2 Å². The van der Waals surface area contributed by atoms with Crippen LogP contribution in [0.5, 0.6) is 11.5 Å². The van der Waals surface area contributed by atoms with Crippen molar-refractivity contribution >= 4 is 18.0 Å². The number of nitrogens with zero attached hydrogens (tertiary/aromatic N) is 1. The van der Waals surface area contributed by atoms with Gasteiger partial charge in [0.05, 0.1) is 20.8 Å². The molecule has 2 aromatic rings. The predicted molar refractivity (Wildman–Crippen MR) is 105 cm³/mol. The standard InChI is InChI=1S/C21H22N2O7/c1-28-15-9-8-14(16(10-15)29-2)11-23-18(20(25)26)17(19(23)24)22-21(27)30-12-13-6-4-3-5-7-13/h3-10,17-18H,11-12H2,1-2H3,(H,22,27)(H,25,26)/t17-,18-/m1/s1. The molecule has 2 amide bonds. The molecule has 2 atom stereocenters. The summed E-state index contributed by atoms with van der Waals surface area (Å²) in [5.41, 5.74) is 1.39. The van der Waals surface area contributed by atoms with Crippen LogP contribution >= 0.6 is 0 Å². The Hall–Kier alpha value is -3.75. The number of carbonyl (C=O) groups excluding carboxylic acids is 2. The maximum Gasteiger partial charge on any atom is 0.408 e. The van der Waals surface area contributed by atoms with Crippen LogP contribution < -0.4 is 14.8 Å². The number of methoxy groups -OCH3 is 2. The summed E-state index contributed by atoms with van der Waals surface area (Å²) in [5.74, 6) is -0.710. The minimum absolute atomic E-state index is 0.0120. The number of hydrogen-bond acceptors (Lipinski definition) is 6. The van der Waals surface area contributed by atoms with Gasteiger partial charge in [0.1, 0.15) is 24.1 Å². The summed E-state index contributed by atoms with van der Waals surface area (Å²) in [4.78, 5) is 37.5. The van der Waals surface area contributed by atoms with E-state index < -0.39 is 30.1 Å². The van der Waals surface area contributed by atoms with Crippen LogP contribution in [-0.2, 0) is 27.5 Å². The Balaban J connectivity index is 1.64. The van der Waals surface area contributed by atoms with Crippen molar-refractivity contribution in [3.63, 3.8) is 0 Å². The lowest BCUT2D eigenvalue weighted by molar-refractivity contribution is -0.167. The van der Waals surface area contributed by atoms with Gasteiger partial charge in [0.2, 0.25) is 5.91 Å². The Morgan fingerprint density at radius 3 is 2.47 bits per heavy atom. The second kappa shape index (κ2) is 9.17. The minimum Gasteiger partial charge on any atom is -0.497 e. The van der Waals surface area contributed by atoms with Gasteiger partial charge in [0, 0.05) is 11.6 Å². The lowest BCUT2D eigenvalue weighted by atomic mass is 9.94. The zero-order valence-electron chi connectivity index (χ0n) is 16.5. The maximum absolute atomic E-state index is 12.5. The molecule has 0 radical (unpaired) electrons. The summed E-state index contributed by atoms with van der Waals surface area (Å²) in [7, 11) is 2.99. The molecule has 0 bridgehead atoms. The first kappa shape index (κ1) is 21.0. The Kier molecular flexibility index (Phi) is 6.41. The fourth-order valence-electron chi connectivity index (χ4n) is 3.20. The fourth-order valence-corrected chi connectivity index (χ4v) is 3.20. The molecular formula is C21H22N2O7. The number of aliphatic carboxylic acids is 1. The molecule has 3 rings (SSSR count). The highest BCUT2D eigenvalue weighted by Crippen LogP contribution is 2.30. The molecule has 0 saturated carbocycles. The van der Waals surface area contributed by atoms with Gasteiger partial charge in [-0.15, -0.1) is 0 Å². The molecule has 1 saturated heterocycles. The van der Waals surface area contributed by atoms with Gasteiger partial charge in [-0.05, 0) is 17.7 Å². The third-order valence-electron chi connectivity index (χ3n) is 4.77. The van der Waals surface area contributed by atoms with Crippen molar-refractivity contribution in [3.05, 3.63) is 59.7 Å². The molecule has 1 fully saturated rings. The van der Waals surface area contributed by atoms with E-state index in [9.17, 15) is 19.5 Å². The second-order valence-corrected chi connectivity index (χ2v) is 6.61. The van der Waals surface area contributed by atoms with Crippen molar-refractivity contribution in [1.82, 2.24) is 10.2 Å². The lowest BCUT2D eigenvalue weighted by Gasteiger charge is -2.44. The minimum atomic E-state index is -1.23. The van der Waals surface area contributed by atoms with Crippen LogP contribution in [0, 0.1) is 0 Å². The number of benzene rings is 2. The maximum atomic E-state index is 12.5. The average molecular weight is 414 g/mol. The van der Waals surface area contributed by atoms with Gasteiger partial charge >= 0.3 is 12.1 Å². The zero-order chi connectivity index (χ0) is 21.7. The monoisotopic (exact) mass is 414 g/mol. The van der Waals surface area contributed by atoms with Gasteiger partial charge in [-0.1, -0.05) is 30.3 Å². The number of alkyl carbamates (subject to hydrolysis) is 1. The second-order valence-electron chi connectivity index (χ2n) is 6.61. The van der Waals surface area contributed by atoms with E-state index in [-0.39, 0.29) is 13.2 Å². The first-order valence-electron chi connectivity index (χ1n) is 9.16. The van der Waals surface area contributed by atoms with Gasteiger partial charge in [0.15, 0.2) is 6.04 Å². The molecule has 0 aromatic heterocycles. The third kappa shape index (κ3) is 4.45. The summed E-state index contributed by atoms with van der Waals surface area (Å²) in [6.07, 6.45) is -0.856. The van der Waals surface area contributed by atoms with E-state index in [0.717, 1.165) is 10.5 Å². The highest BCUT2D eigenvalue weighted by Gasteiger charge is 2.52. The molecule has 9 nitrogen and oxygen atoms in total. The fraction of sp³-hybridized carbons (Fsp3) is 0.286. The lowest BCUT2D eigenvalue weighted by Crippen LogP contribution is -2.72. The van der Waals surface area contributed by atoms with Crippen LogP contribution in [0.15, 0.2) is 48.5 Å². The molecule has 30 heavy (non-hydrogen) atoms. The Morgan fingerprint density at radius 2 is 1.83 bits per heavy atom. The van der Waals surface area contributed by atoms with E-state index in [1.807, 2.05) is 6.07 Å². The van der Waals surface area contributed by atoms with E-state index in [2.05, 4.69) is 5.32 Å². The van der Waals surface area contributed by atoms with Gasteiger partial charge in [-0.2, -0.15) is 0 Å². The Labute approximate surface area is 173 Å². The Morgan fingerprint density at radius 1 is 1.10 bits per heavy atom. The van der Waals surface area contributed by atoms with Crippen molar-refractivity contribution in [2.45, 2.75) is 25.2 Å². The number of carboxylic acid groups (broad SMARTS) is 1. The van der Waals surface area contributed by atoms with Gasteiger partial charge < -0.3 is 29.5 Å². The van der Waals surface area contributed by atoms with E-state index in [4.69, 9.17) is 14.2 Å². The van der Waals surface area contributed by atoms with E-state index in [1.54, 1.807) is 42.5 Å². The molecule has 2 N–H and O–H groups in total. The molecule has 1 aliphatic rings. The quantitative estimate of drug-likeness (QED) is 0.633. The molecule has 158 valence electrons. The van der Waals surface area contributed by atoms with Crippen LogP contribution in [-0.4, -0.2) is 54.3 Å². The summed E-state index contributed by atoms with van der Waals surface area (Å²) in [5, 5.41) is 11.9. The predicted octanol–water partition coefficient (Wildman–Crippen LogP) is 1.79. The number of ether oxygens (including phenoxy) is 3. The summed E-state index contributed by atoms with van der Waals surface area (Å²) < 4.78 is 15.5. The SMILES string of the molecule is COc1ccc(CN2C(=O)[C@H](NC(=O)OCc3ccccc3)[C@@H]2C(=O)O)c(OC)c1. The van der Waals surface area contributed by atoms with Gasteiger partial charge in [-0.25, -0.2) is 9.59 Å². The van der Waals surface area contributed by atoms with Crippen molar-refractivity contribution in [2.24, 2.45) is 0 Å². The van der Waals surface area contributed by atoms with Crippen molar-refractivity contribution in [3.8, 4) is 11.5 Å². The highest BCUT2D eigenvalue weighted by molar-refractivity contribution is 6.01. The molecule has 0 spiro atoms. The first-order chi connectivity index (χ1) is 14.4. The summed E-state index contributed by atoms with van der Waals surface area (Å²) >= 11 is 0. The molecule has 1 heterocycles. The average Bonchev–Trinajstić information content (AvgIpc) is 2.76. The molecule has 1 aliphatic heterocycles. The Bertz CT molecular complexity index is 932.